The highest BCUT2D eigenvalue weighted by Crippen LogP contribution is 2.29. The van der Waals surface area contributed by atoms with Crippen LogP contribution >= 0.6 is 0 Å². The standard InChI is InChI=1S/C19H16N4O2/c24-18-10-5-11-23(18)17-9-4-3-8-15(17)22-19(25)16-12-20-13-6-1-2-7-14(13)21-16/h1-4,6-9,12H,5,10-11H2,(H,22,25). The Morgan fingerprint density at radius 2 is 1.80 bits per heavy atom. The summed E-state index contributed by atoms with van der Waals surface area (Å²) in [6.07, 6.45) is 2.83. The molecule has 0 bridgehead atoms. The van der Waals surface area contributed by atoms with E-state index in [0.29, 0.717) is 29.9 Å². The van der Waals surface area contributed by atoms with E-state index < -0.39 is 0 Å². The highest BCUT2D eigenvalue weighted by Gasteiger charge is 2.24. The largest absolute Gasteiger partial charge is 0.319 e. The lowest BCUT2D eigenvalue weighted by molar-refractivity contribution is -0.117. The topological polar surface area (TPSA) is 75.2 Å². The normalized spacial score (nSPS) is 14.1. The van der Waals surface area contributed by atoms with Crippen LogP contribution in [-0.2, 0) is 4.79 Å². The first kappa shape index (κ1) is 15.3. The van der Waals surface area contributed by atoms with Crippen LogP contribution in [-0.4, -0.2) is 28.3 Å². The highest BCUT2D eigenvalue weighted by molar-refractivity contribution is 6.07. The third kappa shape index (κ3) is 2.94. The number of carbonyl (C=O) groups excluding carboxylic acids is 2. The zero-order valence-electron chi connectivity index (χ0n) is 13.5. The van der Waals surface area contributed by atoms with Gasteiger partial charge in [-0.2, -0.15) is 0 Å². The lowest BCUT2D eigenvalue weighted by Gasteiger charge is -2.19. The third-order valence-electron chi connectivity index (χ3n) is 4.20. The molecule has 0 aliphatic carbocycles. The third-order valence-corrected chi connectivity index (χ3v) is 4.20. The van der Waals surface area contributed by atoms with Crippen molar-refractivity contribution in [3.63, 3.8) is 0 Å². The summed E-state index contributed by atoms with van der Waals surface area (Å²) in [4.78, 5) is 34.9. The summed E-state index contributed by atoms with van der Waals surface area (Å²) in [6.45, 7) is 0.668. The number of rotatable bonds is 3. The smallest absolute Gasteiger partial charge is 0.275 e. The number of nitrogens with zero attached hydrogens (tertiary/aromatic N) is 3. The molecule has 1 saturated heterocycles. The minimum atomic E-state index is -0.350. The Kier molecular flexibility index (Phi) is 3.85. The molecule has 0 atom stereocenters. The van der Waals surface area contributed by atoms with Crippen LogP contribution in [0.5, 0.6) is 0 Å². The monoisotopic (exact) mass is 332 g/mol. The lowest BCUT2D eigenvalue weighted by Crippen LogP contribution is -2.25. The molecule has 0 spiro atoms. The number of para-hydroxylation sites is 4. The van der Waals surface area contributed by atoms with Crippen LogP contribution in [0, 0.1) is 0 Å². The molecule has 1 fully saturated rings. The Morgan fingerprint density at radius 3 is 2.60 bits per heavy atom. The number of carbonyl (C=O) groups is 2. The minimum Gasteiger partial charge on any atom is -0.319 e. The number of anilines is 2. The molecule has 2 heterocycles. The molecule has 0 saturated carbocycles. The second-order valence-electron chi connectivity index (χ2n) is 5.86. The van der Waals surface area contributed by atoms with Gasteiger partial charge in [0.15, 0.2) is 0 Å². The van der Waals surface area contributed by atoms with Gasteiger partial charge in [-0.1, -0.05) is 24.3 Å². The number of nitrogens with one attached hydrogen (secondary N) is 1. The zero-order chi connectivity index (χ0) is 17.2. The summed E-state index contributed by atoms with van der Waals surface area (Å²) in [6, 6.07) is 14.7. The van der Waals surface area contributed by atoms with E-state index in [1.54, 1.807) is 11.0 Å². The van der Waals surface area contributed by atoms with Crippen molar-refractivity contribution >= 4 is 34.2 Å². The molecule has 0 radical (unpaired) electrons. The average Bonchev–Trinajstić information content (AvgIpc) is 3.07. The van der Waals surface area contributed by atoms with E-state index >= 15 is 0 Å². The van der Waals surface area contributed by atoms with Gasteiger partial charge in [0.05, 0.1) is 28.6 Å². The molecule has 6 heteroatoms. The maximum atomic E-state index is 12.6. The van der Waals surface area contributed by atoms with Crippen LogP contribution in [0.2, 0.25) is 0 Å². The second-order valence-corrected chi connectivity index (χ2v) is 5.86. The molecule has 2 amide bonds. The van der Waals surface area contributed by atoms with Gasteiger partial charge in [0, 0.05) is 13.0 Å². The molecule has 4 rings (SSSR count). The Balaban J connectivity index is 1.63. The molecular formula is C19H16N4O2. The van der Waals surface area contributed by atoms with Crippen molar-refractivity contribution < 1.29 is 9.59 Å². The number of aromatic nitrogens is 2. The molecule has 25 heavy (non-hydrogen) atoms. The van der Waals surface area contributed by atoms with E-state index in [-0.39, 0.29) is 17.5 Å². The summed E-state index contributed by atoms with van der Waals surface area (Å²) in [5.74, 6) is -0.274. The Bertz CT molecular complexity index is 970. The number of hydrogen-bond acceptors (Lipinski definition) is 4. The van der Waals surface area contributed by atoms with E-state index in [4.69, 9.17) is 0 Å². The number of benzene rings is 2. The van der Waals surface area contributed by atoms with Gasteiger partial charge in [-0.05, 0) is 30.7 Å². The van der Waals surface area contributed by atoms with E-state index in [9.17, 15) is 9.59 Å². The van der Waals surface area contributed by atoms with Crippen molar-refractivity contribution in [2.75, 3.05) is 16.8 Å². The van der Waals surface area contributed by atoms with Gasteiger partial charge in [-0.15, -0.1) is 0 Å². The first-order valence-corrected chi connectivity index (χ1v) is 8.15. The molecule has 1 N–H and O–H groups in total. The molecular weight excluding hydrogens is 316 g/mol. The molecule has 0 unspecified atom stereocenters. The molecule has 6 nitrogen and oxygen atoms in total. The summed E-state index contributed by atoms with van der Waals surface area (Å²) in [5.41, 5.74) is 2.95. The Morgan fingerprint density at radius 1 is 1.04 bits per heavy atom. The van der Waals surface area contributed by atoms with Gasteiger partial charge in [0.2, 0.25) is 5.91 Å². The van der Waals surface area contributed by atoms with Crippen molar-refractivity contribution in [2.24, 2.45) is 0 Å². The van der Waals surface area contributed by atoms with Gasteiger partial charge in [-0.3, -0.25) is 14.6 Å². The fraction of sp³-hybridized carbons (Fsp3) is 0.158. The van der Waals surface area contributed by atoms with Crippen molar-refractivity contribution in [2.45, 2.75) is 12.8 Å². The fourth-order valence-corrected chi connectivity index (χ4v) is 2.97. The van der Waals surface area contributed by atoms with Crippen molar-refractivity contribution in [1.29, 1.82) is 0 Å². The molecule has 1 aromatic heterocycles. The van der Waals surface area contributed by atoms with Crippen molar-refractivity contribution in [3.8, 4) is 0 Å². The predicted octanol–water partition coefficient (Wildman–Crippen LogP) is 3.01. The van der Waals surface area contributed by atoms with E-state index in [2.05, 4.69) is 15.3 Å². The molecule has 1 aliphatic heterocycles. The van der Waals surface area contributed by atoms with E-state index in [0.717, 1.165) is 11.9 Å². The van der Waals surface area contributed by atoms with Crippen molar-refractivity contribution in [1.82, 2.24) is 9.97 Å². The van der Waals surface area contributed by atoms with Gasteiger partial charge in [0.25, 0.3) is 5.91 Å². The van der Waals surface area contributed by atoms with Gasteiger partial charge < -0.3 is 10.2 Å². The van der Waals surface area contributed by atoms with Crippen LogP contribution in [0.15, 0.2) is 54.7 Å². The zero-order valence-corrected chi connectivity index (χ0v) is 13.5. The Labute approximate surface area is 144 Å². The predicted molar refractivity (Wildman–Crippen MR) is 95.5 cm³/mol. The van der Waals surface area contributed by atoms with Crippen LogP contribution in [0.25, 0.3) is 11.0 Å². The SMILES string of the molecule is O=C(Nc1ccccc1N1CCCC1=O)c1cnc2ccccc2n1. The van der Waals surface area contributed by atoms with E-state index in [1.165, 1.54) is 6.20 Å². The first-order valence-electron chi connectivity index (χ1n) is 8.15. The number of amides is 2. The van der Waals surface area contributed by atoms with Crippen LogP contribution in [0.3, 0.4) is 0 Å². The minimum absolute atomic E-state index is 0.0761. The maximum Gasteiger partial charge on any atom is 0.275 e. The molecule has 3 aromatic rings. The maximum absolute atomic E-state index is 12.6. The summed E-state index contributed by atoms with van der Waals surface area (Å²) in [7, 11) is 0. The highest BCUT2D eigenvalue weighted by atomic mass is 16.2. The summed E-state index contributed by atoms with van der Waals surface area (Å²) >= 11 is 0. The summed E-state index contributed by atoms with van der Waals surface area (Å²) < 4.78 is 0. The second kappa shape index (κ2) is 6.32. The molecule has 1 aliphatic rings. The lowest BCUT2D eigenvalue weighted by atomic mass is 10.2. The van der Waals surface area contributed by atoms with Crippen LogP contribution in [0.1, 0.15) is 23.3 Å². The van der Waals surface area contributed by atoms with Gasteiger partial charge in [0.1, 0.15) is 5.69 Å². The van der Waals surface area contributed by atoms with Crippen molar-refractivity contribution in [3.05, 3.63) is 60.4 Å². The average molecular weight is 332 g/mol. The number of hydrogen-bond donors (Lipinski definition) is 1. The summed E-state index contributed by atoms with van der Waals surface area (Å²) in [5, 5.41) is 2.85. The quantitative estimate of drug-likeness (QED) is 0.800. The fourth-order valence-electron chi connectivity index (χ4n) is 2.97. The first-order chi connectivity index (χ1) is 12.2. The molecule has 2 aromatic carbocycles. The number of fused-ring (bicyclic) bond motifs is 1. The van der Waals surface area contributed by atoms with Crippen LogP contribution in [0.4, 0.5) is 11.4 Å². The molecule has 124 valence electrons. The van der Waals surface area contributed by atoms with Crippen LogP contribution < -0.4 is 10.2 Å². The Hall–Kier alpha value is -3.28. The van der Waals surface area contributed by atoms with Gasteiger partial charge >= 0.3 is 0 Å². The van der Waals surface area contributed by atoms with E-state index in [1.807, 2.05) is 42.5 Å². The van der Waals surface area contributed by atoms with Gasteiger partial charge in [-0.25, -0.2) is 4.98 Å².